The first-order valence-electron chi connectivity index (χ1n) is 7.70. The molecule has 22 heavy (non-hydrogen) atoms. The maximum absolute atomic E-state index is 12.1. The van der Waals surface area contributed by atoms with Gasteiger partial charge in [0.25, 0.3) is 0 Å². The largest absolute Gasteiger partial charge is 0.497 e. The number of amides is 1. The van der Waals surface area contributed by atoms with Gasteiger partial charge in [-0.1, -0.05) is 13.8 Å². The van der Waals surface area contributed by atoms with Crippen LogP contribution in [0.25, 0.3) is 0 Å². The van der Waals surface area contributed by atoms with E-state index in [1.54, 1.807) is 14.2 Å². The minimum Gasteiger partial charge on any atom is -0.497 e. The summed E-state index contributed by atoms with van der Waals surface area (Å²) in [7, 11) is 3.24. The van der Waals surface area contributed by atoms with Crippen molar-refractivity contribution in [3.05, 3.63) is 23.8 Å². The molecular formula is C17H28N2O3. The van der Waals surface area contributed by atoms with Crippen LogP contribution in [0.1, 0.15) is 32.3 Å². The summed E-state index contributed by atoms with van der Waals surface area (Å²) in [4.78, 5) is 12.1. The molecule has 0 radical (unpaired) electrons. The molecule has 5 heteroatoms. The molecule has 0 aliphatic carbocycles. The van der Waals surface area contributed by atoms with Crippen LogP contribution in [-0.4, -0.2) is 32.7 Å². The molecule has 0 spiro atoms. The zero-order valence-electron chi connectivity index (χ0n) is 14.0. The van der Waals surface area contributed by atoms with Crippen LogP contribution in [0.3, 0.4) is 0 Å². The van der Waals surface area contributed by atoms with E-state index >= 15 is 0 Å². The van der Waals surface area contributed by atoms with Crippen LogP contribution < -0.4 is 20.5 Å². The fourth-order valence-corrected chi connectivity index (χ4v) is 2.41. The van der Waals surface area contributed by atoms with E-state index in [0.29, 0.717) is 25.3 Å². The molecule has 0 aromatic heterocycles. The molecule has 0 saturated carbocycles. The van der Waals surface area contributed by atoms with Crippen LogP contribution >= 0.6 is 0 Å². The van der Waals surface area contributed by atoms with Crippen molar-refractivity contribution in [1.82, 2.24) is 5.32 Å². The highest BCUT2D eigenvalue weighted by atomic mass is 16.5. The normalized spacial score (nSPS) is 12.1. The maximum atomic E-state index is 12.1. The molecule has 124 valence electrons. The summed E-state index contributed by atoms with van der Waals surface area (Å²) < 4.78 is 10.5. The molecule has 5 nitrogen and oxygen atoms in total. The second-order valence-corrected chi connectivity index (χ2v) is 5.81. The van der Waals surface area contributed by atoms with E-state index in [0.717, 1.165) is 23.5 Å². The fraction of sp³-hybridized carbons (Fsp3) is 0.588. The molecular weight excluding hydrogens is 280 g/mol. The van der Waals surface area contributed by atoms with Gasteiger partial charge in [-0.05, 0) is 42.5 Å². The summed E-state index contributed by atoms with van der Waals surface area (Å²) in [5.74, 6) is 2.05. The number of hydrogen-bond acceptors (Lipinski definition) is 4. The summed E-state index contributed by atoms with van der Waals surface area (Å²) in [6, 6.07) is 5.64. The molecule has 1 atom stereocenters. The van der Waals surface area contributed by atoms with Gasteiger partial charge in [0.2, 0.25) is 5.91 Å². The lowest BCUT2D eigenvalue weighted by Gasteiger charge is -2.19. The lowest BCUT2D eigenvalue weighted by atomic mass is 10.0. The van der Waals surface area contributed by atoms with E-state index < -0.39 is 0 Å². The van der Waals surface area contributed by atoms with Crippen molar-refractivity contribution in [2.45, 2.75) is 39.2 Å². The van der Waals surface area contributed by atoms with Crippen molar-refractivity contribution < 1.29 is 14.3 Å². The number of rotatable bonds is 9. The first-order chi connectivity index (χ1) is 10.5. The van der Waals surface area contributed by atoms with E-state index in [2.05, 4.69) is 19.2 Å². The molecule has 1 rings (SSSR count). The molecule has 1 aromatic rings. The van der Waals surface area contributed by atoms with E-state index in [4.69, 9.17) is 15.2 Å². The number of aryl methyl sites for hydroxylation is 1. The monoisotopic (exact) mass is 308 g/mol. The number of ether oxygens (including phenoxy) is 2. The van der Waals surface area contributed by atoms with Crippen molar-refractivity contribution in [2.75, 3.05) is 20.8 Å². The van der Waals surface area contributed by atoms with Crippen LogP contribution in [0, 0.1) is 5.92 Å². The first-order valence-corrected chi connectivity index (χ1v) is 7.70. The topological polar surface area (TPSA) is 73.6 Å². The third-order valence-corrected chi connectivity index (χ3v) is 3.51. The van der Waals surface area contributed by atoms with Crippen molar-refractivity contribution in [3.63, 3.8) is 0 Å². The van der Waals surface area contributed by atoms with Gasteiger partial charge in [0.05, 0.1) is 14.2 Å². The van der Waals surface area contributed by atoms with E-state index in [9.17, 15) is 4.79 Å². The highest BCUT2D eigenvalue weighted by Gasteiger charge is 2.13. The maximum Gasteiger partial charge on any atom is 0.220 e. The predicted octanol–water partition coefficient (Wildman–Crippen LogP) is 2.13. The van der Waals surface area contributed by atoms with Gasteiger partial charge in [0, 0.05) is 19.0 Å². The predicted molar refractivity (Wildman–Crippen MR) is 88.3 cm³/mol. The Morgan fingerprint density at radius 1 is 1.27 bits per heavy atom. The molecule has 0 fully saturated rings. The molecule has 0 saturated heterocycles. The third-order valence-electron chi connectivity index (χ3n) is 3.51. The molecule has 1 aromatic carbocycles. The SMILES string of the molecule is COc1ccc(OC)c(CCC(=O)NC(CN)CC(C)C)c1. The molecule has 0 aliphatic heterocycles. The van der Waals surface area contributed by atoms with Gasteiger partial charge in [-0.2, -0.15) is 0 Å². The summed E-state index contributed by atoms with van der Waals surface area (Å²) >= 11 is 0. The Balaban J connectivity index is 2.59. The van der Waals surface area contributed by atoms with Crippen molar-refractivity contribution >= 4 is 5.91 Å². The number of carbonyl (C=O) groups is 1. The van der Waals surface area contributed by atoms with E-state index in [-0.39, 0.29) is 11.9 Å². The van der Waals surface area contributed by atoms with Gasteiger partial charge in [-0.15, -0.1) is 0 Å². The third kappa shape index (κ3) is 5.93. The number of nitrogens with one attached hydrogen (secondary N) is 1. The number of hydrogen-bond donors (Lipinski definition) is 2. The summed E-state index contributed by atoms with van der Waals surface area (Å²) in [6.07, 6.45) is 1.90. The standard InChI is InChI=1S/C17H28N2O3/c1-12(2)9-14(11-18)19-17(20)8-5-13-10-15(21-3)6-7-16(13)22-4/h6-7,10,12,14H,5,8-9,11,18H2,1-4H3,(H,19,20). The Hall–Kier alpha value is -1.75. The molecule has 0 bridgehead atoms. The van der Waals surface area contributed by atoms with Crippen LogP contribution in [0.15, 0.2) is 18.2 Å². The lowest BCUT2D eigenvalue weighted by Crippen LogP contribution is -2.41. The van der Waals surface area contributed by atoms with Gasteiger partial charge < -0.3 is 20.5 Å². The van der Waals surface area contributed by atoms with E-state index in [1.165, 1.54) is 0 Å². The average molecular weight is 308 g/mol. The van der Waals surface area contributed by atoms with Gasteiger partial charge in [-0.3, -0.25) is 4.79 Å². The number of nitrogens with two attached hydrogens (primary N) is 1. The Bertz CT molecular complexity index is 475. The minimum atomic E-state index is 0.0148. The van der Waals surface area contributed by atoms with Gasteiger partial charge in [0.15, 0.2) is 0 Å². The smallest absolute Gasteiger partial charge is 0.220 e. The zero-order valence-corrected chi connectivity index (χ0v) is 14.0. The van der Waals surface area contributed by atoms with Crippen LogP contribution in [0.4, 0.5) is 0 Å². The second-order valence-electron chi connectivity index (χ2n) is 5.81. The summed E-state index contributed by atoms with van der Waals surface area (Å²) in [5, 5.41) is 3.00. The second kappa shape index (κ2) is 9.30. The van der Waals surface area contributed by atoms with Crippen molar-refractivity contribution in [1.29, 1.82) is 0 Å². The molecule has 3 N–H and O–H groups in total. The molecule has 0 heterocycles. The van der Waals surface area contributed by atoms with Gasteiger partial charge in [-0.25, -0.2) is 0 Å². The summed E-state index contributed by atoms with van der Waals surface area (Å²) in [6.45, 7) is 4.71. The highest BCUT2D eigenvalue weighted by molar-refractivity contribution is 5.76. The van der Waals surface area contributed by atoms with Crippen LogP contribution in [0.5, 0.6) is 11.5 Å². The molecule has 0 aliphatic rings. The Labute approximate surface area is 133 Å². The van der Waals surface area contributed by atoms with Crippen molar-refractivity contribution in [2.24, 2.45) is 11.7 Å². The van der Waals surface area contributed by atoms with Gasteiger partial charge >= 0.3 is 0 Å². The van der Waals surface area contributed by atoms with E-state index in [1.807, 2.05) is 18.2 Å². The molecule has 1 amide bonds. The van der Waals surface area contributed by atoms with Crippen LogP contribution in [0.2, 0.25) is 0 Å². The lowest BCUT2D eigenvalue weighted by molar-refractivity contribution is -0.121. The number of benzene rings is 1. The average Bonchev–Trinajstić information content (AvgIpc) is 2.51. The fourth-order valence-electron chi connectivity index (χ4n) is 2.41. The Kier molecular flexibility index (Phi) is 7.74. The minimum absolute atomic E-state index is 0.0148. The quantitative estimate of drug-likeness (QED) is 0.733. The Morgan fingerprint density at radius 2 is 2.00 bits per heavy atom. The number of carbonyl (C=O) groups excluding carboxylic acids is 1. The Morgan fingerprint density at radius 3 is 2.55 bits per heavy atom. The van der Waals surface area contributed by atoms with Crippen molar-refractivity contribution in [3.8, 4) is 11.5 Å². The number of methoxy groups -OCH3 is 2. The van der Waals surface area contributed by atoms with Gasteiger partial charge in [0.1, 0.15) is 11.5 Å². The highest BCUT2D eigenvalue weighted by Crippen LogP contribution is 2.25. The zero-order chi connectivity index (χ0) is 16.5. The first kappa shape index (κ1) is 18.3. The van der Waals surface area contributed by atoms with Crippen LogP contribution in [-0.2, 0) is 11.2 Å². The summed E-state index contributed by atoms with van der Waals surface area (Å²) in [5.41, 5.74) is 6.67. The molecule has 1 unspecified atom stereocenters.